The van der Waals surface area contributed by atoms with Gasteiger partial charge in [0.2, 0.25) is 0 Å². The van der Waals surface area contributed by atoms with E-state index >= 15 is 0 Å². The Morgan fingerprint density at radius 2 is 1.83 bits per heavy atom. The second-order valence-electron chi connectivity index (χ2n) is 4.31. The molecule has 4 amide bonds. The van der Waals surface area contributed by atoms with Gasteiger partial charge in [0, 0.05) is 6.54 Å². The van der Waals surface area contributed by atoms with Gasteiger partial charge in [-0.3, -0.25) is 20.2 Å². The number of carbonyl (C=O) groups is 3. The molecule has 2 aliphatic rings. The number of urea groups is 1. The van der Waals surface area contributed by atoms with Crippen LogP contribution in [0.5, 0.6) is 0 Å². The molecule has 2 heterocycles. The fraction of sp³-hybridized carbons (Fsp3) is 0.417. The molecular weight excluding hydrogens is 234 g/mol. The Balaban J connectivity index is 1.99. The quantitative estimate of drug-likeness (QED) is 0.468. The fourth-order valence-electron chi connectivity index (χ4n) is 1.98. The zero-order valence-electron chi connectivity index (χ0n) is 9.86. The monoisotopic (exact) mass is 249 g/mol. The number of piperidine rings is 1. The Hall–Kier alpha value is -1.95. The molecule has 0 saturated carbocycles. The molecule has 2 saturated heterocycles. The molecule has 0 aromatic heterocycles. The van der Waals surface area contributed by atoms with Crippen molar-refractivity contribution in [3.8, 4) is 0 Å². The van der Waals surface area contributed by atoms with E-state index in [1.165, 1.54) is 6.08 Å². The Morgan fingerprint density at radius 3 is 2.44 bits per heavy atom. The van der Waals surface area contributed by atoms with Gasteiger partial charge >= 0.3 is 6.03 Å². The van der Waals surface area contributed by atoms with Crippen LogP contribution in [0.3, 0.4) is 0 Å². The number of rotatable bonds is 2. The van der Waals surface area contributed by atoms with Gasteiger partial charge < -0.3 is 5.32 Å². The van der Waals surface area contributed by atoms with Crippen molar-refractivity contribution in [2.75, 3.05) is 13.1 Å². The second kappa shape index (κ2) is 5.59. The number of carbonyl (C=O) groups excluding carboxylic acids is 3. The van der Waals surface area contributed by atoms with Crippen LogP contribution in [0, 0.1) is 5.92 Å². The van der Waals surface area contributed by atoms with Gasteiger partial charge in [-0.05, 0) is 31.4 Å². The summed E-state index contributed by atoms with van der Waals surface area (Å²) in [6.07, 6.45) is 7.33. The second-order valence-corrected chi connectivity index (χ2v) is 4.31. The molecule has 2 fully saturated rings. The van der Waals surface area contributed by atoms with Gasteiger partial charge in [0.15, 0.2) is 0 Å². The molecule has 18 heavy (non-hydrogen) atoms. The summed E-state index contributed by atoms with van der Waals surface area (Å²) in [6, 6.07) is -0.775. The van der Waals surface area contributed by atoms with E-state index in [0.717, 1.165) is 25.9 Å². The van der Waals surface area contributed by atoms with E-state index in [1.54, 1.807) is 6.08 Å². The van der Waals surface area contributed by atoms with Crippen LogP contribution >= 0.6 is 0 Å². The number of allylic oxidation sites excluding steroid dienone is 2. The average molecular weight is 249 g/mol. The van der Waals surface area contributed by atoms with Crippen LogP contribution in [0.1, 0.15) is 12.8 Å². The van der Waals surface area contributed by atoms with Crippen molar-refractivity contribution in [2.24, 2.45) is 5.92 Å². The van der Waals surface area contributed by atoms with E-state index in [2.05, 4.69) is 5.32 Å². The molecule has 3 N–H and O–H groups in total. The number of amides is 4. The van der Waals surface area contributed by atoms with E-state index in [9.17, 15) is 14.4 Å². The van der Waals surface area contributed by atoms with Crippen molar-refractivity contribution in [3.63, 3.8) is 0 Å². The molecule has 0 radical (unpaired) electrons. The molecule has 2 aliphatic heterocycles. The first-order valence-corrected chi connectivity index (χ1v) is 5.92. The molecule has 96 valence electrons. The third kappa shape index (κ3) is 3.04. The highest BCUT2D eigenvalue weighted by Gasteiger charge is 2.26. The first-order chi connectivity index (χ1) is 8.66. The Kier molecular flexibility index (Phi) is 3.88. The number of barbiturate groups is 1. The van der Waals surface area contributed by atoms with Crippen LogP contribution in [0.25, 0.3) is 0 Å². The van der Waals surface area contributed by atoms with Crippen LogP contribution in [0.2, 0.25) is 0 Å². The highest BCUT2D eigenvalue weighted by molar-refractivity contribution is 6.28. The largest absolute Gasteiger partial charge is 0.328 e. The third-order valence-electron chi connectivity index (χ3n) is 2.92. The average Bonchev–Trinajstić information content (AvgIpc) is 2.34. The lowest BCUT2D eigenvalue weighted by molar-refractivity contribution is -0.124. The standard InChI is InChI=1S/C12H15N3O3/c16-10-9(11(17)15-12(18)14-10)5-1-3-8-4-2-6-13-7-8/h1,3,5,8,13H,2,4,6-7H2,(H2,14,15,16,17,18)/b3-1+. The predicted molar refractivity (Wildman–Crippen MR) is 64.5 cm³/mol. The molecule has 6 heteroatoms. The molecule has 0 aromatic rings. The normalized spacial score (nSPS) is 25.0. The van der Waals surface area contributed by atoms with Crippen LogP contribution in [-0.2, 0) is 9.59 Å². The van der Waals surface area contributed by atoms with Crippen molar-refractivity contribution in [2.45, 2.75) is 12.8 Å². The first kappa shape index (κ1) is 12.5. The third-order valence-corrected chi connectivity index (χ3v) is 2.92. The van der Waals surface area contributed by atoms with Crippen molar-refractivity contribution < 1.29 is 14.4 Å². The maximum atomic E-state index is 11.4. The summed E-state index contributed by atoms with van der Waals surface area (Å²) in [5.41, 5.74) is -0.0466. The summed E-state index contributed by atoms with van der Waals surface area (Å²) in [4.78, 5) is 33.6. The minimum absolute atomic E-state index is 0.0466. The van der Waals surface area contributed by atoms with E-state index in [1.807, 2.05) is 16.7 Å². The van der Waals surface area contributed by atoms with Gasteiger partial charge in [-0.25, -0.2) is 4.79 Å². The number of imide groups is 2. The van der Waals surface area contributed by atoms with Crippen molar-refractivity contribution >= 4 is 17.8 Å². The molecule has 1 atom stereocenters. The Labute approximate surface area is 104 Å². The highest BCUT2D eigenvalue weighted by atomic mass is 16.2. The van der Waals surface area contributed by atoms with Gasteiger partial charge in [0.25, 0.3) is 11.8 Å². The van der Waals surface area contributed by atoms with Gasteiger partial charge in [-0.15, -0.1) is 0 Å². The van der Waals surface area contributed by atoms with E-state index in [0.29, 0.717) is 5.92 Å². The molecule has 1 unspecified atom stereocenters. The van der Waals surface area contributed by atoms with Gasteiger partial charge in [-0.1, -0.05) is 12.2 Å². The minimum Gasteiger partial charge on any atom is -0.316 e. The van der Waals surface area contributed by atoms with E-state index in [4.69, 9.17) is 0 Å². The maximum absolute atomic E-state index is 11.4. The minimum atomic E-state index is -0.775. The van der Waals surface area contributed by atoms with Crippen LogP contribution < -0.4 is 16.0 Å². The van der Waals surface area contributed by atoms with Gasteiger partial charge in [0.1, 0.15) is 5.57 Å². The van der Waals surface area contributed by atoms with Crippen LogP contribution in [-0.4, -0.2) is 30.9 Å². The molecule has 0 bridgehead atoms. The zero-order valence-corrected chi connectivity index (χ0v) is 9.86. The van der Waals surface area contributed by atoms with Crippen molar-refractivity contribution in [1.82, 2.24) is 16.0 Å². The molecule has 6 nitrogen and oxygen atoms in total. The number of hydrogen-bond donors (Lipinski definition) is 3. The van der Waals surface area contributed by atoms with E-state index < -0.39 is 17.8 Å². The Bertz CT molecular complexity index is 412. The molecular formula is C12H15N3O3. The highest BCUT2D eigenvalue weighted by Crippen LogP contribution is 2.11. The van der Waals surface area contributed by atoms with E-state index in [-0.39, 0.29) is 5.57 Å². The summed E-state index contributed by atoms with van der Waals surface area (Å²) >= 11 is 0. The van der Waals surface area contributed by atoms with Crippen molar-refractivity contribution in [3.05, 3.63) is 23.8 Å². The summed E-state index contributed by atoms with van der Waals surface area (Å²) < 4.78 is 0. The lowest BCUT2D eigenvalue weighted by Crippen LogP contribution is -2.51. The smallest absolute Gasteiger partial charge is 0.316 e. The molecule has 2 rings (SSSR count). The zero-order chi connectivity index (χ0) is 13.0. The lowest BCUT2D eigenvalue weighted by Gasteiger charge is -2.19. The first-order valence-electron chi connectivity index (χ1n) is 5.92. The number of nitrogens with one attached hydrogen (secondary N) is 3. The topological polar surface area (TPSA) is 87.3 Å². The van der Waals surface area contributed by atoms with Gasteiger partial charge in [-0.2, -0.15) is 0 Å². The maximum Gasteiger partial charge on any atom is 0.328 e. The van der Waals surface area contributed by atoms with Crippen molar-refractivity contribution in [1.29, 1.82) is 0 Å². The fourth-order valence-corrected chi connectivity index (χ4v) is 1.98. The molecule has 0 aromatic carbocycles. The van der Waals surface area contributed by atoms with Crippen LogP contribution in [0.15, 0.2) is 23.8 Å². The SMILES string of the molecule is O=C1NC(=O)C(=C/C=C/C2CCCNC2)C(=O)N1. The summed E-state index contributed by atoms with van der Waals surface area (Å²) in [6.45, 7) is 1.95. The number of hydrogen-bond acceptors (Lipinski definition) is 4. The summed E-state index contributed by atoms with van der Waals surface area (Å²) in [5, 5.41) is 7.32. The summed E-state index contributed by atoms with van der Waals surface area (Å²) in [5.74, 6) is -0.891. The van der Waals surface area contributed by atoms with Crippen LogP contribution in [0.4, 0.5) is 4.79 Å². The molecule has 0 aliphatic carbocycles. The predicted octanol–water partition coefficient (Wildman–Crippen LogP) is -0.165. The molecule has 0 spiro atoms. The summed E-state index contributed by atoms with van der Waals surface area (Å²) in [7, 11) is 0. The van der Waals surface area contributed by atoms with Gasteiger partial charge in [0.05, 0.1) is 0 Å². The Morgan fingerprint density at radius 1 is 1.11 bits per heavy atom. The lowest BCUT2D eigenvalue weighted by atomic mass is 9.99.